The van der Waals surface area contributed by atoms with E-state index in [0.29, 0.717) is 30.0 Å². The molecule has 1 heterocycles. The first-order chi connectivity index (χ1) is 16.2. The Hall–Kier alpha value is -4.09. The molecule has 1 aromatic heterocycles. The molecule has 5 heteroatoms. The molecule has 2 N–H and O–H groups in total. The molecule has 0 saturated heterocycles. The van der Waals surface area contributed by atoms with Gasteiger partial charge in [-0.1, -0.05) is 91.0 Å². The van der Waals surface area contributed by atoms with Crippen LogP contribution < -0.4 is 5.32 Å². The Balaban J connectivity index is 1.57. The molecule has 0 spiro atoms. The summed E-state index contributed by atoms with van der Waals surface area (Å²) in [7, 11) is 0. The number of hydrogen-bond donors (Lipinski definition) is 2. The van der Waals surface area contributed by atoms with Gasteiger partial charge in [-0.2, -0.15) is 0 Å². The van der Waals surface area contributed by atoms with Crippen LogP contribution in [0, 0.1) is 0 Å². The van der Waals surface area contributed by atoms with Gasteiger partial charge >= 0.3 is 0 Å². The van der Waals surface area contributed by atoms with Crippen molar-refractivity contribution in [1.82, 2.24) is 9.97 Å². The second-order valence-electron chi connectivity index (χ2n) is 7.62. The first kappa shape index (κ1) is 22.1. The van der Waals surface area contributed by atoms with Crippen LogP contribution in [0.15, 0.2) is 91.1 Å². The maximum Gasteiger partial charge on any atom is 0.225 e. The fourth-order valence-electron chi connectivity index (χ4n) is 3.37. The van der Waals surface area contributed by atoms with Crippen LogP contribution in [-0.4, -0.2) is 21.0 Å². The van der Waals surface area contributed by atoms with Crippen LogP contribution in [0.2, 0.25) is 0 Å². The van der Waals surface area contributed by atoms with Gasteiger partial charge in [-0.25, -0.2) is 9.97 Å². The van der Waals surface area contributed by atoms with Crippen molar-refractivity contribution >= 4 is 23.9 Å². The van der Waals surface area contributed by atoms with Gasteiger partial charge < -0.3 is 10.4 Å². The van der Waals surface area contributed by atoms with Crippen LogP contribution in [0.3, 0.4) is 0 Å². The number of nitrogens with zero attached hydrogens (tertiary/aromatic N) is 2. The lowest BCUT2D eigenvalue weighted by Gasteiger charge is -2.10. The first-order valence-electron chi connectivity index (χ1n) is 10.9. The monoisotopic (exact) mass is 435 g/mol. The summed E-state index contributed by atoms with van der Waals surface area (Å²) in [4.78, 5) is 21.9. The van der Waals surface area contributed by atoms with E-state index in [-0.39, 0.29) is 12.5 Å². The topological polar surface area (TPSA) is 75.1 Å². The first-order valence-corrected chi connectivity index (χ1v) is 10.9. The highest BCUT2D eigenvalue weighted by molar-refractivity contribution is 5.92. The summed E-state index contributed by atoms with van der Waals surface area (Å²) >= 11 is 0. The minimum atomic E-state index is -0.109. The average Bonchev–Trinajstić information content (AvgIpc) is 2.88. The Kier molecular flexibility index (Phi) is 7.36. The molecular formula is C28H25N3O2. The quantitative estimate of drug-likeness (QED) is 0.390. The molecule has 5 nitrogen and oxygen atoms in total. The van der Waals surface area contributed by atoms with Gasteiger partial charge in [0.25, 0.3) is 0 Å². The molecule has 0 unspecified atom stereocenters. The molecule has 0 atom stereocenters. The molecule has 0 aliphatic heterocycles. The van der Waals surface area contributed by atoms with Crippen LogP contribution in [0.5, 0.6) is 0 Å². The Morgan fingerprint density at radius 1 is 0.848 bits per heavy atom. The number of benzene rings is 3. The molecule has 0 radical (unpaired) electrons. The Labute approximate surface area is 193 Å². The molecule has 33 heavy (non-hydrogen) atoms. The van der Waals surface area contributed by atoms with Gasteiger partial charge in [-0.05, 0) is 29.2 Å². The predicted octanol–water partition coefficient (Wildman–Crippen LogP) is 5.38. The van der Waals surface area contributed by atoms with Crippen molar-refractivity contribution in [2.75, 3.05) is 5.32 Å². The van der Waals surface area contributed by atoms with Gasteiger partial charge in [0.15, 0.2) is 5.82 Å². The third kappa shape index (κ3) is 6.21. The summed E-state index contributed by atoms with van der Waals surface area (Å²) in [6.07, 6.45) is 6.48. The van der Waals surface area contributed by atoms with Crippen molar-refractivity contribution in [3.05, 3.63) is 114 Å². The number of nitrogens with one attached hydrogen (secondary N) is 1. The number of aromatic nitrogens is 2. The van der Waals surface area contributed by atoms with Crippen LogP contribution >= 0.6 is 0 Å². The number of carbonyl (C=O) groups excluding carboxylic acids is 1. The molecular weight excluding hydrogens is 410 g/mol. The van der Waals surface area contributed by atoms with Gasteiger partial charge in [-0.3, -0.25) is 4.79 Å². The fraction of sp³-hybridized carbons (Fsp3) is 0.107. The highest BCUT2D eigenvalue weighted by Crippen LogP contribution is 2.22. The summed E-state index contributed by atoms with van der Waals surface area (Å²) < 4.78 is 0. The average molecular weight is 436 g/mol. The zero-order valence-corrected chi connectivity index (χ0v) is 18.2. The number of aliphatic hydroxyl groups is 1. The largest absolute Gasteiger partial charge is 0.392 e. The van der Waals surface area contributed by atoms with Gasteiger partial charge in [-0.15, -0.1) is 0 Å². The molecule has 0 saturated carbocycles. The van der Waals surface area contributed by atoms with Crippen molar-refractivity contribution in [2.24, 2.45) is 0 Å². The van der Waals surface area contributed by atoms with E-state index in [9.17, 15) is 9.90 Å². The van der Waals surface area contributed by atoms with Crippen LogP contribution in [0.25, 0.3) is 23.4 Å². The minimum Gasteiger partial charge on any atom is -0.392 e. The summed E-state index contributed by atoms with van der Waals surface area (Å²) in [6, 6.07) is 27.3. The number of amides is 1. The molecule has 0 aliphatic carbocycles. The van der Waals surface area contributed by atoms with E-state index >= 15 is 0 Å². The van der Waals surface area contributed by atoms with E-state index < -0.39 is 0 Å². The van der Waals surface area contributed by atoms with E-state index in [1.165, 1.54) is 0 Å². The zero-order chi connectivity index (χ0) is 22.9. The van der Waals surface area contributed by atoms with Crippen LogP contribution in [0.1, 0.15) is 28.8 Å². The Morgan fingerprint density at radius 3 is 2.24 bits per heavy atom. The summed E-state index contributed by atoms with van der Waals surface area (Å²) in [5, 5.41) is 12.2. The van der Waals surface area contributed by atoms with Gasteiger partial charge in [0, 0.05) is 12.0 Å². The highest BCUT2D eigenvalue weighted by atomic mass is 16.3. The standard InChI is InChI=1S/C28H25N3O2/c32-20-23-11-15-24(16-12-23)26-19-29-28(25(30-26)17-13-21-7-3-1-4-8-21)31-27(33)18-14-22-9-5-2-6-10-22/h1-13,15-17,19,32H,14,18,20H2,(H,29,31,33)/b17-13+. The van der Waals surface area contributed by atoms with Crippen molar-refractivity contribution in [2.45, 2.75) is 19.4 Å². The van der Waals surface area contributed by atoms with Gasteiger partial charge in [0.2, 0.25) is 5.91 Å². The highest BCUT2D eigenvalue weighted by Gasteiger charge is 2.11. The van der Waals surface area contributed by atoms with E-state index in [4.69, 9.17) is 4.98 Å². The number of aryl methyl sites for hydroxylation is 1. The van der Waals surface area contributed by atoms with Gasteiger partial charge in [0.05, 0.1) is 18.5 Å². The SMILES string of the molecule is O=C(CCc1ccccc1)Nc1ncc(-c2ccc(CO)cc2)nc1/C=C/c1ccccc1. The number of aliphatic hydroxyl groups excluding tert-OH is 1. The second kappa shape index (κ2) is 11.0. The third-order valence-corrected chi connectivity index (χ3v) is 5.21. The minimum absolute atomic E-state index is 0.00896. The van der Waals surface area contributed by atoms with Crippen molar-refractivity contribution in [1.29, 1.82) is 0 Å². The van der Waals surface area contributed by atoms with E-state index in [0.717, 1.165) is 22.3 Å². The summed E-state index contributed by atoms with van der Waals surface area (Å²) in [5.74, 6) is 0.318. The second-order valence-corrected chi connectivity index (χ2v) is 7.62. The van der Waals surface area contributed by atoms with E-state index in [1.807, 2.05) is 97.1 Å². The summed E-state index contributed by atoms with van der Waals surface area (Å²) in [5.41, 5.74) is 5.13. The number of hydrogen-bond acceptors (Lipinski definition) is 4. The summed E-state index contributed by atoms with van der Waals surface area (Å²) in [6.45, 7) is -0.00896. The fourth-order valence-corrected chi connectivity index (χ4v) is 3.37. The molecule has 1 amide bonds. The van der Waals surface area contributed by atoms with Crippen molar-refractivity contribution in [3.63, 3.8) is 0 Å². The van der Waals surface area contributed by atoms with E-state index in [1.54, 1.807) is 6.20 Å². The zero-order valence-electron chi connectivity index (χ0n) is 18.2. The Morgan fingerprint density at radius 2 is 1.55 bits per heavy atom. The third-order valence-electron chi connectivity index (χ3n) is 5.21. The maximum absolute atomic E-state index is 12.6. The smallest absolute Gasteiger partial charge is 0.225 e. The molecule has 4 aromatic rings. The number of rotatable bonds is 8. The predicted molar refractivity (Wildman–Crippen MR) is 132 cm³/mol. The lowest BCUT2D eigenvalue weighted by atomic mass is 10.1. The molecule has 0 fully saturated rings. The van der Waals surface area contributed by atoms with Crippen molar-refractivity contribution in [3.8, 4) is 11.3 Å². The number of carbonyl (C=O) groups is 1. The van der Waals surface area contributed by atoms with E-state index in [2.05, 4.69) is 10.3 Å². The van der Waals surface area contributed by atoms with Crippen LogP contribution in [0.4, 0.5) is 5.82 Å². The molecule has 0 bridgehead atoms. The molecule has 3 aromatic carbocycles. The lowest BCUT2D eigenvalue weighted by molar-refractivity contribution is -0.116. The Bertz CT molecular complexity index is 1220. The maximum atomic E-state index is 12.6. The van der Waals surface area contributed by atoms with Crippen molar-refractivity contribution < 1.29 is 9.90 Å². The molecule has 164 valence electrons. The van der Waals surface area contributed by atoms with Gasteiger partial charge in [0.1, 0.15) is 5.69 Å². The lowest BCUT2D eigenvalue weighted by Crippen LogP contribution is -2.15. The normalized spacial score (nSPS) is 10.9. The number of anilines is 1. The molecule has 4 rings (SSSR count). The van der Waals surface area contributed by atoms with Crippen LogP contribution in [-0.2, 0) is 17.8 Å². The molecule has 0 aliphatic rings.